The van der Waals surface area contributed by atoms with E-state index in [4.69, 9.17) is 0 Å². The largest absolute Gasteiger partial charge is 0.394 e. The minimum absolute atomic E-state index is 0.112. The Morgan fingerprint density at radius 3 is 2.63 bits per heavy atom. The predicted octanol–water partition coefficient (Wildman–Crippen LogP) is 2.35. The second-order valence-corrected chi connectivity index (χ2v) is 7.00. The second-order valence-electron chi connectivity index (χ2n) is 6.14. The molecule has 0 aliphatic rings. The van der Waals surface area contributed by atoms with Gasteiger partial charge in [-0.15, -0.1) is 11.3 Å². The summed E-state index contributed by atoms with van der Waals surface area (Å²) in [4.78, 5) is 21.0. The van der Waals surface area contributed by atoms with Crippen molar-refractivity contribution in [2.75, 3.05) is 6.61 Å². The molecule has 0 fully saturated rings. The number of aliphatic hydroxyl groups excluding tert-OH is 2. The van der Waals surface area contributed by atoms with E-state index in [2.05, 4.69) is 15.3 Å². The van der Waals surface area contributed by atoms with Crippen LogP contribution in [0.15, 0.2) is 60.1 Å². The molecule has 2 aromatic heterocycles. The fourth-order valence-electron chi connectivity index (χ4n) is 2.70. The van der Waals surface area contributed by atoms with E-state index in [9.17, 15) is 15.0 Å². The van der Waals surface area contributed by atoms with Crippen LogP contribution in [-0.4, -0.2) is 38.7 Å². The number of pyridine rings is 1. The van der Waals surface area contributed by atoms with Gasteiger partial charge in [0.25, 0.3) is 0 Å². The highest BCUT2D eigenvalue weighted by Crippen LogP contribution is 2.22. The van der Waals surface area contributed by atoms with E-state index in [0.29, 0.717) is 5.69 Å². The first-order valence-electron chi connectivity index (χ1n) is 8.64. The number of aliphatic hydroxyl groups is 2. The molecule has 3 rings (SSSR count). The lowest BCUT2D eigenvalue weighted by molar-refractivity contribution is -0.121. The second kappa shape index (κ2) is 9.36. The van der Waals surface area contributed by atoms with Gasteiger partial charge in [0.05, 0.1) is 36.6 Å². The van der Waals surface area contributed by atoms with Crippen LogP contribution >= 0.6 is 11.3 Å². The number of benzene rings is 1. The van der Waals surface area contributed by atoms with Gasteiger partial charge in [0.1, 0.15) is 5.01 Å². The summed E-state index contributed by atoms with van der Waals surface area (Å²) in [6.45, 7) is -0.244. The van der Waals surface area contributed by atoms with Gasteiger partial charge < -0.3 is 15.5 Å². The zero-order valence-electron chi connectivity index (χ0n) is 14.7. The number of nitrogens with zero attached hydrogens (tertiary/aromatic N) is 2. The van der Waals surface area contributed by atoms with Crippen molar-refractivity contribution in [3.05, 3.63) is 71.4 Å². The molecule has 6 nitrogen and oxygen atoms in total. The molecule has 3 aromatic rings. The summed E-state index contributed by atoms with van der Waals surface area (Å²) in [5, 5.41) is 25.2. The molecule has 0 saturated carbocycles. The van der Waals surface area contributed by atoms with Crippen molar-refractivity contribution in [2.24, 2.45) is 0 Å². The van der Waals surface area contributed by atoms with Gasteiger partial charge >= 0.3 is 0 Å². The van der Waals surface area contributed by atoms with Crippen LogP contribution in [0, 0.1) is 0 Å². The number of carbonyl (C=O) groups is 1. The molecule has 0 aliphatic carbocycles. The molecule has 140 valence electrons. The molecule has 2 atom stereocenters. The number of aromatic nitrogens is 2. The zero-order chi connectivity index (χ0) is 19.1. The van der Waals surface area contributed by atoms with Crippen LogP contribution in [-0.2, 0) is 11.2 Å². The molecule has 1 aromatic carbocycles. The summed E-state index contributed by atoms with van der Waals surface area (Å²) in [7, 11) is 0. The van der Waals surface area contributed by atoms with Gasteiger partial charge in [-0.25, -0.2) is 4.98 Å². The maximum absolute atomic E-state index is 12.3. The van der Waals surface area contributed by atoms with Crippen LogP contribution in [0.1, 0.15) is 23.8 Å². The van der Waals surface area contributed by atoms with Crippen molar-refractivity contribution in [3.8, 4) is 10.7 Å². The molecular weight excluding hydrogens is 362 g/mol. The normalized spacial score (nSPS) is 13.1. The van der Waals surface area contributed by atoms with Crippen molar-refractivity contribution in [2.45, 2.75) is 25.0 Å². The van der Waals surface area contributed by atoms with Crippen molar-refractivity contribution < 1.29 is 15.0 Å². The van der Waals surface area contributed by atoms with Crippen molar-refractivity contribution in [1.29, 1.82) is 0 Å². The molecule has 0 aliphatic heterocycles. The highest BCUT2D eigenvalue weighted by molar-refractivity contribution is 7.13. The van der Waals surface area contributed by atoms with E-state index >= 15 is 0 Å². The minimum Gasteiger partial charge on any atom is -0.394 e. The number of hydrogen-bond donors (Lipinski definition) is 3. The van der Waals surface area contributed by atoms with Crippen molar-refractivity contribution in [1.82, 2.24) is 15.3 Å². The molecule has 0 bridgehead atoms. The van der Waals surface area contributed by atoms with Gasteiger partial charge in [0, 0.05) is 11.6 Å². The Balaban J connectivity index is 1.55. The number of thiazole rings is 1. The molecule has 0 unspecified atom stereocenters. The van der Waals surface area contributed by atoms with E-state index in [0.717, 1.165) is 16.3 Å². The zero-order valence-corrected chi connectivity index (χ0v) is 15.5. The van der Waals surface area contributed by atoms with Crippen LogP contribution in [0.2, 0.25) is 0 Å². The molecular formula is C20H21N3O3S. The van der Waals surface area contributed by atoms with Gasteiger partial charge in [-0.1, -0.05) is 36.4 Å². The van der Waals surface area contributed by atoms with Crippen molar-refractivity contribution >= 4 is 17.2 Å². The van der Waals surface area contributed by atoms with E-state index < -0.39 is 12.1 Å². The van der Waals surface area contributed by atoms with Crippen LogP contribution in [0.5, 0.6) is 0 Å². The van der Waals surface area contributed by atoms with E-state index in [1.54, 1.807) is 6.20 Å². The fourth-order valence-corrected chi connectivity index (χ4v) is 3.49. The molecule has 0 saturated heterocycles. The maximum Gasteiger partial charge on any atom is 0.226 e. The first kappa shape index (κ1) is 19.2. The smallest absolute Gasteiger partial charge is 0.226 e. The van der Waals surface area contributed by atoms with E-state index in [1.165, 1.54) is 11.3 Å². The summed E-state index contributed by atoms with van der Waals surface area (Å²) >= 11 is 1.43. The highest BCUT2D eigenvalue weighted by Gasteiger charge is 2.18. The first-order valence-corrected chi connectivity index (χ1v) is 9.52. The standard InChI is InChI=1S/C20H21N3O3S/c24-12-15(10-18(25)14-6-2-1-3-7-14)22-19(26)11-16-13-27-20(23-16)17-8-4-5-9-21-17/h1-9,13,15,18,24-25H,10-12H2,(H,22,26)/t15-,18-/m1/s1. The summed E-state index contributed by atoms with van der Waals surface area (Å²) in [5.41, 5.74) is 2.18. The van der Waals surface area contributed by atoms with E-state index in [1.807, 2.05) is 53.9 Å². The van der Waals surface area contributed by atoms with Gasteiger partial charge in [-0.3, -0.25) is 9.78 Å². The van der Waals surface area contributed by atoms with Crippen LogP contribution in [0.4, 0.5) is 0 Å². The fraction of sp³-hybridized carbons (Fsp3) is 0.250. The Hall–Kier alpha value is -2.61. The predicted molar refractivity (Wildman–Crippen MR) is 104 cm³/mol. The lowest BCUT2D eigenvalue weighted by atomic mass is 10.0. The monoisotopic (exact) mass is 383 g/mol. The Kier molecular flexibility index (Phi) is 6.64. The van der Waals surface area contributed by atoms with E-state index in [-0.39, 0.29) is 25.4 Å². The molecule has 1 amide bonds. The van der Waals surface area contributed by atoms with Gasteiger partial charge in [-0.2, -0.15) is 0 Å². The summed E-state index contributed by atoms with van der Waals surface area (Å²) in [6, 6.07) is 14.2. The molecule has 2 heterocycles. The Morgan fingerprint density at radius 2 is 1.93 bits per heavy atom. The van der Waals surface area contributed by atoms with Gasteiger partial charge in [-0.05, 0) is 24.1 Å². The molecule has 3 N–H and O–H groups in total. The summed E-state index contributed by atoms with van der Waals surface area (Å²) < 4.78 is 0. The SMILES string of the molecule is O=C(Cc1csc(-c2ccccn2)n1)N[C@@H](CO)C[C@@H](O)c1ccccc1. The summed E-state index contributed by atoms with van der Waals surface area (Å²) in [5.74, 6) is -0.243. The minimum atomic E-state index is -0.751. The molecule has 0 spiro atoms. The topological polar surface area (TPSA) is 95.3 Å². The van der Waals surface area contributed by atoms with Crippen LogP contribution < -0.4 is 5.32 Å². The number of nitrogens with one attached hydrogen (secondary N) is 1. The third-order valence-electron chi connectivity index (χ3n) is 4.06. The lowest BCUT2D eigenvalue weighted by Gasteiger charge is -2.20. The molecule has 0 radical (unpaired) electrons. The highest BCUT2D eigenvalue weighted by atomic mass is 32.1. The third-order valence-corrected chi connectivity index (χ3v) is 4.97. The average Bonchev–Trinajstić information content (AvgIpc) is 3.17. The first-order chi connectivity index (χ1) is 13.2. The number of carbonyl (C=O) groups excluding carboxylic acids is 1. The number of rotatable bonds is 8. The van der Waals surface area contributed by atoms with Crippen molar-refractivity contribution in [3.63, 3.8) is 0 Å². The van der Waals surface area contributed by atoms with Crippen LogP contribution in [0.25, 0.3) is 10.7 Å². The van der Waals surface area contributed by atoms with Gasteiger partial charge in [0.2, 0.25) is 5.91 Å². The quantitative estimate of drug-likeness (QED) is 0.555. The molecule has 7 heteroatoms. The number of amides is 1. The Labute approximate surface area is 161 Å². The maximum atomic E-state index is 12.3. The Bertz CT molecular complexity index is 855. The lowest BCUT2D eigenvalue weighted by Crippen LogP contribution is -2.39. The summed E-state index contributed by atoms with van der Waals surface area (Å²) in [6.07, 6.45) is 1.30. The third kappa shape index (κ3) is 5.43. The average molecular weight is 383 g/mol. The molecule has 27 heavy (non-hydrogen) atoms. The van der Waals surface area contributed by atoms with Crippen LogP contribution in [0.3, 0.4) is 0 Å². The van der Waals surface area contributed by atoms with Gasteiger partial charge in [0.15, 0.2) is 0 Å². The number of hydrogen-bond acceptors (Lipinski definition) is 6. The Morgan fingerprint density at radius 1 is 1.15 bits per heavy atom.